The molecule has 0 bridgehead atoms. The molecule has 2 aromatic rings. The van der Waals surface area contributed by atoms with Gasteiger partial charge >= 0.3 is 0 Å². The van der Waals surface area contributed by atoms with E-state index in [1.165, 1.54) is 0 Å². The summed E-state index contributed by atoms with van der Waals surface area (Å²) in [6, 6.07) is 9.91. The molecule has 1 aromatic carbocycles. The van der Waals surface area contributed by atoms with Crippen LogP contribution in [0, 0.1) is 6.92 Å². The molecule has 3 rings (SSSR count). The number of anilines is 1. The van der Waals surface area contributed by atoms with Crippen LogP contribution in [-0.2, 0) is 6.54 Å². The lowest BCUT2D eigenvalue weighted by Crippen LogP contribution is -2.25. The van der Waals surface area contributed by atoms with Crippen molar-refractivity contribution in [3.8, 4) is 0 Å². The van der Waals surface area contributed by atoms with Crippen molar-refractivity contribution in [2.45, 2.75) is 32.4 Å². The van der Waals surface area contributed by atoms with Crippen LogP contribution in [-0.4, -0.2) is 16.9 Å². The zero-order valence-electron chi connectivity index (χ0n) is 12.4. The molecule has 0 spiro atoms. The summed E-state index contributed by atoms with van der Waals surface area (Å²) < 4.78 is 0. The van der Waals surface area contributed by atoms with Crippen LogP contribution in [0.1, 0.15) is 34.3 Å². The van der Waals surface area contributed by atoms with Crippen LogP contribution in [0.2, 0.25) is 5.02 Å². The summed E-state index contributed by atoms with van der Waals surface area (Å²) in [5.41, 5.74) is 2.79. The SMILES string of the molecule is Cc1cc(CNc2ccc(C(=O)NC3CC3)cn2)ccc1Cl. The van der Waals surface area contributed by atoms with Crippen molar-refractivity contribution in [2.24, 2.45) is 0 Å². The van der Waals surface area contributed by atoms with E-state index in [2.05, 4.69) is 15.6 Å². The summed E-state index contributed by atoms with van der Waals surface area (Å²) in [5, 5.41) is 6.96. The fourth-order valence-electron chi connectivity index (χ4n) is 2.14. The number of nitrogens with zero attached hydrogens (tertiary/aromatic N) is 1. The molecule has 1 aliphatic rings. The van der Waals surface area contributed by atoms with E-state index in [1.807, 2.05) is 31.2 Å². The molecule has 1 fully saturated rings. The van der Waals surface area contributed by atoms with Crippen molar-refractivity contribution in [3.05, 3.63) is 58.2 Å². The first-order chi connectivity index (χ1) is 10.6. The maximum Gasteiger partial charge on any atom is 0.253 e. The molecule has 0 atom stereocenters. The van der Waals surface area contributed by atoms with Gasteiger partial charge in [-0.25, -0.2) is 4.98 Å². The van der Waals surface area contributed by atoms with Gasteiger partial charge in [0.2, 0.25) is 0 Å². The summed E-state index contributed by atoms with van der Waals surface area (Å²) >= 11 is 6.01. The van der Waals surface area contributed by atoms with Crippen molar-refractivity contribution < 1.29 is 4.79 Å². The molecule has 1 saturated carbocycles. The van der Waals surface area contributed by atoms with Crippen molar-refractivity contribution in [3.63, 3.8) is 0 Å². The third kappa shape index (κ3) is 3.77. The predicted octanol–water partition coefficient (Wildman–Crippen LogP) is 3.55. The third-order valence-electron chi connectivity index (χ3n) is 3.63. The number of amides is 1. The number of rotatable bonds is 5. The first-order valence-electron chi connectivity index (χ1n) is 7.37. The minimum atomic E-state index is -0.0464. The maximum atomic E-state index is 11.9. The highest BCUT2D eigenvalue weighted by Gasteiger charge is 2.23. The van der Waals surface area contributed by atoms with Gasteiger partial charge in [0, 0.05) is 23.8 Å². The number of nitrogens with one attached hydrogen (secondary N) is 2. The Morgan fingerprint density at radius 2 is 2.14 bits per heavy atom. The average molecular weight is 316 g/mol. The van der Waals surface area contributed by atoms with E-state index >= 15 is 0 Å². The fraction of sp³-hybridized carbons (Fsp3) is 0.294. The second kappa shape index (κ2) is 6.36. The molecule has 0 radical (unpaired) electrons. The molecule has 2 N–H and O–H groups in total. The van der Waals surface area contributed by atoms with Gasteiger partial charge in [-0.05, 0) is 49.1 Å². The number of halogens is 1. The van der Waals surface area contributed by atoms with E-state index in [9.17, 15) is 4.79 Å². The van der Waals surface area contributed by atoms with E-state index in [0.29, 0.717) is 18.2 Å². The van der Waals surface area contributed by atoms with Gasteiger partial charge in [0.05, 0.1) is 5.56 Å². The van der Waals surface area contributed by atoms with E-state index in [4.69, 9.17) is 11.6 Å². The van der Waals surface area contributed by atoms with Crippen LogP contribution in [0.3, 0.4) is 0 Å². The Labute approximate surface area is 134 Å². The summed E-state index contributed by atoms with van der Waals surface area (Å²) in [4.78, 5) is 16.2. The average Bonchev–Trinajstić information content (AvgIpc) is 3.33. The first-order valence-corrected chi connectivity index (χ1v) is 7.75. The van der Waals surface area contributed by atoms with Gasteiger partial charge in [0.25, 0.3) is 5.91 Å². The molecule has 5 heteroatoms. The lowest BCUT2D eigenvalue weighted by Gasteiger charge is -2.08. The topological polar surface area (TPSA) is 54.0 Å². The number of carbonyl (C=O) groups is 1. The minimum Gasteiger partial charge on any atom is -0.366 e. The largest absolute Gasteiger partial charge is 0.366 e. The van der Waals surface area contributed by atoms with Crippen LogP contribution in [0.4, 0.5) is 5.82 Å². The maximum absolute atomic E-state index is 11.9. The minimum absolute atomic E-state index is 0.0464. The van der Waals surface area contributed by atoms with Gasteiger partial charge in [-0.2, -0.15) is 0 Å². The molecule has 114 valence electrons. The highest BCUT2D eigenvalue weighted by atomic mass is 35.5. The molecule has 1 aliphatic carbocycles. The molecular weight excluding hydrogens is 298 g/mol. The predicted molar refractivity (Wildman–Crippen MR) is 88.2 cm³/mol. The second-order valence-corrected chi connectivity index (χ2v) is 6.02. The molecule has 1 amide bonds. The standard InChI is InChI=1S/C17H18ClN3O/c1-11-8-12(2-6-15(11)18)9-19-16-7-3-13(10-20-16)17(22)21-14-4-5-14/h2-3,6-8,10,14H,4-5,9H2,1H3,(H,19,20)(H,21,22). The van der Waals surface area contributed by atoms with E-state index in [1.54, 1.807) is 12.3 Å². The molecule has 4 nitrogen and oxygen atoms in total. The van der Waals surface area contributed by atoms with Crippen molar-refractivity contribution in [1.29, 1.82) is 0 Å². The summed E-state index contributed by atoms with van der Waals surface area (Å²) in [5.74, 6) is 0.699. The Hall–Kier alpha value is -2.07. The molecule has 0 aliphatic heterocycles. The normalized spacial score (nSPS) is 13.7. The van der Waals surface area contributed by atoms with Gasteiger partial charge in [0.1, 0.15) is 5.82 Å². The number of benzene rings is 1. The Balaban J connectivity index is 1.58. The Morgan fingerprint density at radius 3 is 2.77 bits per heavy atom. The fourth-order valence-corrected chi connectivity index (χ4v) is 2.26. The van der Waals surface area contributed by atoms with Crippen molar-refractivity contribution in [1.82, 2.24) is 10.3 Å². The van der Waals surface area contributed by atoms with Gasteiger partial charge in [-0.3, -0.25) is 4.79 Å². The molecular formula is C17H18ClN3O. The van der Waals surface area contributed by atoms with E-state index in [0.717, 1.165) is 34.8 Å². The molecule has 0 unspecified atom stereocenters. The third-order valence-corrected chi connectivity index (χ3v) is 4.06. The highest BCUT2D eigenvalue weighted by molar-refractivity contribution is 6.31. The Morgan fingerprint density at radius 1 is 1.32 bits per heavy atom. The zero-order valence-corrected chi connectivity index (χ0v) is 13.2. The quantitative estimate of drug-likeness (QED) is 0.887. The lowest BCUT2D eigenvalue weighted by atomic mass is 10.1. The number of pyridine rings is 1. The van der Waals surface area contributed by atoms with Gasteiger partial charge in [-0.1, -0.05) is 23.7 Å². The van der Waals surface area contributed by atoms with Crippen LogP contribution in [0.5, 0.6) is 0 Å². The van der Waals surface area contributed by atoms with Gasteiger partial charge in [-0.15, -0.1) is 0 Å². The van der Waals surface area contributed by atoms with Crippen LogP contribution >= 0.6 is 11.6 Å². The molecule has 1 heterocycles. The van der Waals surface area contributed by atoms with E-state index in [-0.39, 0.29) is 5.91 Å². The smallest absolute Gasteiger partial charge is 0.253 e. The van der Waals surface area contributed by atoms with Gasteiger partial charge in [0.15, 0.2) is 0 Å². The Bertz CT molecular complexity index is 681. The highest BCUT2D eigenvalue weighted by Crippen LogP contribution is 2.19. The molecule has 22 heavy (non-hydrogen) atoms. The number of aryl methyl sites for hydroxylation is 1. The lowest BCUT2D eigenvalue weighted by molar-refractivity contribution is 0.0951. The summed E-state index contributed by atoms with van der Waals surface area (Å²) in [7, 11) is 0. The summed E-state index contributed by atoms with van der Waals surface area (Å²) in [6.45, 7) is 2.65. The van der Waals surface area contributed by atoms with Crippen molar-refractivity contribution in [2.75, 3.05) is 5.32 Å². The number of carbonyl (C=O) groups excluding carboxylic acids is 1. The second-order valence-electron chi connectivity index (χ2n) is 5.62. The number of hydrogen-bond acceptors (Lipinski definition) is 3. The summed E-state index contributed by atoms with van der Waals surface area (Å²) in [6.07, 6.45) is 3.77. The van der Waals surface area contributed by atoms with Crippen LogP contribution in [0.15, 0.2) is 36.5 Å². The number of aromatic nitrogens is 1. The first kappa shape index (κ1) is 14.9. The molecule has 1 aromatic heterocycles. The monoisotopic (exact) mass is 315 g/mol. The molecule has 0 saturated heterocycles. The van der Waals surface area contributed by atoms with Crippen molar-refractivity contribution >= 4 is 23.3 Å². The van der Waals surface area contributed by atoms with Crippen LogP contribution < -0.4 is 10.6 Å². The Kier molecular flexibility index (Phi) is 4.29. The van der Waals surface area contributed by atoms with E-state index < -0.39 is 0 Å². The number of hydrogen-bond donors (Lipinski definition) is 2. The van der Waals surface area contributed by atoms with Crippen LogP contribution in [0.25, 0.3) is 0 Å². The van der Waals surface area contributed by atoms with Gasteiger partial charge < -0.3 is 10.6 Å². The zero-order chi connectivity index (χ0) is 15.5.